The van der Waals surface area contributed by atoms with Crippen LogP contribution in [-0.4, -0.2) is 26.2 Å². The number of aliphatic hydroxyl groups is 1. The number of aliphatic hydroxyl groups excluding tert-OH is 1. The molecule has 2 rings (SSSR count). The number of nitrogens with one attached hydrogen (secondary N) is 1. The van der Waals surface area contributed by atoms with Crippen molar-refractivity contribution >= 4 is 10.0 Å². The van der Waals surface area contributed by atoms with Gasteiger partial charge < -0.3 is 5.11 Å². The van der Waals surface area contributed by atoms with Gasteiger partial charge in [-0.1, -0.05) is 18.6 Å². The van der Waals surface area contributed by atoms with Crippen LogP contribution in [0.2, 0.25) is 0 Å². The molecule has 18 heavy (non-hydrogen) atoms. The third-order valence-electron chi connectivity index (χ3n) is 3.28. The van der Waals surface area contributed by atoms with Gasteiger partial charge in [-0.05, 0) is 30.9 Å². The highest BCUT2D eigenvalue weighted by Crippen LogP contribution is 2.25. The van der Waals surface area contributed by atoms with Crippen LogP contribution in [0, 0.1) is 11.7 Å². The first-order valence-electron chi connectivity index (χ1n) is 5.93. The van der Waals surface area contributed by atoms with E-state index in [0.717, 1.165) is 18.9 Å². The van der Waals surface area contributed by atoms with Crippen molar-refractivity contribution in [3.8, 4) is 0 Å². The summed E-state index contributed by atoms with van der Waals surface area (Å²) in [6.45, 7) is 0.151. The minimum absolute atomic E-state index is 0.0773. The van der Waals surface area contributed by atoms with Gasteiger partial charge in [0, 0.05) is 6.54 Å². The number of halogens is 1. The SMILES string of the molecule is O=S(=O)(NCC1CCCC1O)c1ccccc1F. The Kier molecular flexibility index (Phi) is 3.99. The molecule has 4 nitrogen and oxygen atoms in total. The molecule has 1 aliphatic rings. The molecule has 0 saturated heterocycles. The first-order chi connectivity index (χ1) is 8.50. The summed E-state index contributed by atoms with van der Waals surface area (Å²) in [5.74, 6) is -0.844. The second-order valence-electron chi connectivity index (χ2n) is 4.54. The van der Waals surface area contributed by atoms with E-state index in [1.54, 1.807) is 0 Å². The van der Waals surface area contributed by atoms with Gasteiger partial charge in [-0.3, -0.25) is 0 Å². The van der Waals surface area contributed by atoms with Gasteiger partial charge >= 0.3 is 0 Å². The average Bonchev–Trinajstić information content (AvgIpc) is 2.73. The van der Waals surface area contributed by atoms with Gasteiger partial charge in [0.25, 0.3) is 0 Å². The molecule has 1 aliphatic carbocycles. The molecule has 1 saturated carbocycles. The minimum Gasteiger partial charge on any atom is -0.393 e. The number of hydrogen-bond donors (Lipinski definition) is 2. The van der Waals surface area contributed by atoms with Crippen molar-refractivity contribution in [1.82, 2.24) is 4.72 Å². The van der Waals surface area contributed by atoms with Crippen molar-refractivity contribution in [2.75, 3.05) is 6.54 Å². The topological polar surface area (TPSA) is 66.4 Å². The lowest BCUT2D eigenvalue weighted by Crippen LogP contribution is -2.32. The number of sulfonamides is 1. The molecule has 0 amide bonds. The van der Waals surface area contributed by atoms with E-state index in [-0.39, 0.29) is 17.4 Å². The molecule has 0 radical (unpaired) electrons. The summed E-state index contributed by atoms with van der Waals surface area (Å²) in [7, 11) is -3.84. The summed E-state index contributed by atoms with van der Waals surface area (Å²) in [5.41, 5.74) is 0. The van der Waals surface area contributed by atoms with Crippen LogP contribution in [0.15, 0.2) is 29.2 Å². The molecule has 1 aromatic rings. The summed E-state index contributed by atoms with van der Waals surface area (Å²) in [6, 6.07) is 5.25. The zero-order valence-corrected chi connectivity index (χ0v) is 10.7. The first-order valence-corrected chi connectivity index (χ1v) is 7.41. The normalized spacial score (nSPS) is 24.3. The molecule has 0 heterocycles. The molecule has 2 unspecified atom stereocenters. The zero-order chi connectivity index (χ0) is 13.2. The van der Waals surface area contributed by atoms with E-state index >= 15 is 0 Å². The standard InChI is InChI=1S/C12H16FNO3S/c13-10-5-1-2-7-12(10)18(16,17)14-8-9-4-3-6-11(9)15/h1-2,5,7,9,11,14-15H,3-4,6,8H2. The average molecular weight is 273 g/mol. The van der Waals surface area contributed by atoms with Gasteiger partial charge in [0.2, 0.25) is 10.0 Å². The van der Waals surface area contributed by atoms with Gasteiger partial charge in [0.05, 0.1) is 6.10 Å². The number of hydrogen-bond acceptors (Lipinski definition) is 3. The van der Waals surface area contributed by atoms with Crippen LogP contribution >= 0.6 is 0 Å². The fourth-order valence-corrected chi connectivity index (χ4v) is 3.38. The third-order valence-corrected chi connectivity index (χ3v) is 4.74. The maximum atomic E-state index is 13.4. The predicted octanol–water partition coefficient (Wildman–Crippen LogP) is 1.26. The lowest BCUT2D eigenvalue weighted by molar-refractivity contribution is 0.134. The van der Waals surface area contributed by atoms with Crippen LogP contribution in [0.25, 0.3) is 0 Å². The summed E-state index contributed by atoms with van der Waals surface area (Å²) >= 11 is 0. The van der Waals surface area contributed by atoms with E-state index in [1.165, 1.54) is 18.2 Å². The Morgan fingerprint density at radius 1 is 1.33 bits per heavy atom. The highest BCUT2D eigenvalue weighted by molar-refractivity contribution is 7.89. The van der Waals surface area contributed by atoms with Crippen LogP contribution in [0.3, 0.4) is 0 Å². The van der Waals surface area contributed by atoms with Gasteiger partial charge in [0.1, 0.15) is 10.7 Å². The lowest BCUT2D eigenvalue weighted by Gasteiger charge is -2.15. The smallest absolute Gasteiger partial charge is 0.243 e. The molecule has 0 aliphatic heterocycles. The second-order valence-corrected chi connectivity index (χ2v) is 6.28. The Hall–Kier alpha value is -0.980. The quantitative estimate of drug-likeness (QED) is 0.868. The molecule has 0 aromatic heterocycles. The molecule has 100 valence electrons. The van der Waals surface area contributed by atoms with Gasteiger partial charge in [-0.2, -0.15) is 0 Å². The van der Waals surface area contributed by atoms with Crippen LogP contribution in [0.5, 0.6) is 0 Å². The maximum Gasteiger partial charge on any atom is 0.243 e. The van der Waals surface area contributed by atoms with Crippen LogP contribution in [-0.2, 0) is 10.0 Å². The van der Waals surface area contributed by atoms with Crippen molar-refractivity contribution in [3.63, 3.8) is 0 Å². The second kappa shape index (κ2) is 5.34. The van der Waals surface area contributed by atoms with Crippen LogP contribution < -0.4 is 4.72 Å². The minimum atomic E-state index is -3.84. The Balaban J connectivity index is 2.06. The molecule has 1 fully saturated rings. The zero-order valence-electron chi connectivity index (χ0n) is 9.84. The molecule has 2 N–H and O–H groups in total. The van der Waals surface area contributed by atoms with Crippen LogP contribution in [0.4, 0.5) is 4.39 Å². The Morgan fingerprint density at radius 2 is 2.06 bits per heavy atom. The highest BCUT2D eigenvalue weighted by Gasteiger charge is 2.27. The Bertz CT molecular complexity index is 518. The summed E-state index contributed by atoms with van der Waals surface area (Å²) < 4.78 is 39.5. The largest absolute Gasteiger partial charge is 0.393 e. The number of rotatable bonds is 4. The fraction of sp³-hybridized carbons (Fsp3) is 0.500. The van der Waals surface area contributed by atoms with E-state index < -0.39 is 21.9 Å². The summed E-state index contributed by atoms with van der Waals surface area (Å²) in [5, 5.41) is 9.60. The summed E-state index contributed by atoms with van der Waals surface area (Å²) in [4.78, 5) is -0.350. The first kappa shape index (κ1) is 13.5. The van der Waals surface area contributed by atoms with Gasteiger partial charge in [0.15, 0.2) is 0 Å². The molecule has 6 heteroatoms. The van der Waals surface area contributed by atoms with E-state index in [9.17, 15) is 17.9 Å². The van der Waals surface area contributed by atoms with Crippen molar-refractivity contribution in [1.29, 1.82) is 0 Å². The van der Waals surface area contributed by atoms with Gasteiger partial charge in [-0.15, -0.1) is 0 Å². The number of benzene rings is 1. The Morgan fingerprint density at radius 3 is 2.67 bits per heavy atom. The molecule has 0 spiro atoms. The van der Waals surface area contributed by atoms with Crippen LogP contribution in [0.1, 0.15) is 19.3 Å². The van der Waals surface area contributed by atoms with Crippen molar-refractivity contribution in [2.45, 2.75) is 30.3 Å². The Labute approximate surface area is 106 Å². The molecule has 1 aromatic carbocycles. The van der Waals surface area contributed by atoms with Gasteiger partial charge in [-0.25, -0.2) is 17.5 Å². The highest BCUT2D eigenvalue weighted by atomic mass is 32.2. The predicted molar refractivity (Wildman–Crippen MR) is 64.9 cm³/mol. The molecule has 2 atom stereocenters. The third kappa shape index (κ3) is 2.88. The van der Waals surface area contributed by atoms with E-state index in [2.05, 4.69) is 4.72 Å². The van der Waals surface area contributed by atoms with E-state index in [1.807, 2.05) is 0 Å². The van der Waals surface area contributed by atoms with Crippen molar-refractivity contribution < 1.29 is 17.9 Å². The monoisotopic (exact) mass is 273 g/mol. The lowest BCUT2D eigenvalue weighted by atomic mass is 10.1. The van der Waals surface area contributed by atoms with Crippen molar-refractivity contribution in [3.05, 3.63) is 30.1 Å². The van der Waals surface area contributed by atoms with E-state index in [4.69, 9.17) is 0 Å². The molecular weight excluding hydrogens is 257 g/mol. The summed E-state index contributed by atoms with van der Waals surface area (Å²) in [6.07, 6.45) is 1.92. The maximum absolute atomic E-state index is 13.4. The fourth-order valence-electron chi connectivity index (χ4n) is 2.21. The van der Waals surface area contributed by atoms with Crippen molar-refractivity contribution in [2.24, 2.45) is 5.92 Å². The van der Waals surface area contributed by atoms with E-state index in [0.29, 0.717) is 6.42 Å². The molecule has 0 bridgehead atoms. The molecular formula is C12H16FNO3S.